The van der Waals surface area contributed by atoms with Crippen molar-refractivity contribution in [3.8, 4) is 0 Å². The quantitative estimate of drug-likeness (QED) is 0.266. The van der Waals surface area contributed by atoms with Crippen LogP contribution in [0.2, 0.25) is 0 Å². The summed E-state index contributed by atoms with van der Waals surface area (Å²) >= 11 is 0. The van der Waals surface area contributed by atoms with Gasteiger partial charge in [0.05, 0.1) is 23.9 Å². The first-order chi connectivity index (χ1) is 14.8. The van der Waals surface area contributed by atoms with Gasteiger partial charge in [0.25, 0.3) is 0 Å². The van der Waals surface area contributed by atoms with Gasteiger partial charge in [-0.2, -0.15) is 0 Å². The third-order valence-electron chi connectivity index (χ3n) is 6.42. The Labute approximate surface area is 180 Å². The lowest BCUT2D eigenvalue weighted by Crippen LogP contribution is -2.51. The van der Waals surface area contributed by atoms with Gasteiger partial charge in [0.2, 0.25) is 18.2 Å². The summed E-state index contributed by atoms with van der Waals surface area (Å²) in [5.74, 6) is -3.90. The van der Waals surface area contributed by atoms with E-state index in [4.69, 9.17) is 5.73 Å². The molecule has 3 atom stereocenters. The Kier molecular flexibility index (Phi) is 7.37. The van der Waals surface area contributed by atoms with Crippen LogP contribution in [-0.4, -0.2) is 58.3 Å². The van der Waals surface area contributed by atoms with Crippen LogP contribution in [0.15, 0.2) is 24.3 Å². The Bertz CT molecular complexity index is 842. The average Bonchev–Trinajstić information content (AvgIpc) is 3.42. The number of carbonyl (C=O) groups excluding carboxylic acids is 4. The zero-order chi connectivity index (χ0) is 22.5. The van der Waals surface area contributed by atoms with Gasteiger partial charge in [0, 0.05) is 6.54 Å². The van der Waals surface area contributed by atoms with Gasteiger partial charge in [-0.25, -0.2) is 9.45 Å². The number of halogens is 1. The van der Waals surface area contributed by atoms with E-state index in [1.54, 1.807) is 0 Å². The summed E-state index contributed by atoms with van der Waals surface area (Å²) in [6, 6.07) is 4.30. The van der Waals surface area contributed by atoms with Gasteiger partial charge in [-0.1, -0.05) is 37.8 Å². The van der Waals surface area contributed by atoms with Gasteiger partial charge in [0.15, 0.2) is 5.78 Å². The summed E-state index contributed by atoms with van der Waals surface area (Å²) in [5.41, 5.74) is 5.43. The number of hydrogen-bond acceptors (Lipinski definition) is 5. The maximum Gasteiger partial charge on any atom is 0.240 e. The van der Waals surface area contributed by atoms with Crippen molar-refractivity contribution in [2.24, 2.45) is 23.5 Å². The SMILES string of the molecule is NC(=O)[C@@H]1C(C(=O)c2ccccc2F)CCN1C(=O)C(CC1CCCC1)CN(O)C=O. The molecule has 9 heteroatoms. The van der Waals surface area contributed by atoms with Crippen LogP contribution in [0, 0.1) is 23.6 Å². The van der Waals surface area contributed by atoms with E-state index in [2.05, 4.69) is 0 Å². The minimum atomic E-state index is -1.20. The van der Waals surface area contributed by atoms with Gasteiger partial charge < -0.3 is 10.6 Å². The maximum atomic E-state index is 14.1. The molecule has 0 aromatic heterocycles. The number of nitrogens with two attached hydrogens (primary N) is 1. The van der Waals surface area contributed by atoms with E-state index in [1.165, 1.54) is 23.1 Å². The summed E-state index contributed by atoms with van der Waals surface area (Å²) in [6.07, 6.45) is 4.93. The standard InChI is InChI=1S/C22H28FN3O5/c23-18-8-4-3-7-16(18)20(28)17-9-10-26(19(17)21(24)29)22(30)15(12-25(31)13-27)11-14-5-1-2-6-14/h3-4,7-8,13-15,17,19,31H,1-2,5-6,9-12H2,(H2,24,29)/t15?,17?,19-/m0/s1. The minimum absolute atomic E-state index is 0.116. The van der Waals surface area contributed by atoms with Crippen LogP contribution in [0.1, 0.15) is 48.9 Å². The van der Waals surface area contributed by atoms with Crippen molar-refractivity contribution >= 4 is 24.0 Å². The predicted octanol–water partition coefficient (Wildman–Crippen LogP) is 1.75. The number of Topliss-reactive ketones (excluding diaryl/α,β-unsaturated/α-hetero) is 1. The number of likely N-dealkylation sites (tertiary alicyclic amines) is 1. The van der Waals surface area contributed by atoms with Crippen molar-refractivity contribution < 1.29 is 28.8 Å². The first kappa shape index (κ1) is 22.9. The fourth-order valence-corrected chi connectivity index (χ4v) is 4.93. The molecule has 2 aliphatic rings. The first-order valence-corrected chi connectivity index (χ1v) is 10.6. The second-order valence-corrected chi connectivity index (χ2v) is 8.43. The Morgan fingerprint density at radius 3 is 2.52 bits per heavy atom. The number of primary amides is 1. The Balaban J connectivity index is 1.82. The summed E-state index contributed by atoms with van der Waals surface area (Å²) < 4.78 is 14.1. The van der Waals surface area contributed by atoms with Crippen LogP contribution >= 0.6 is 0 Å². The van der Waals surface area contributed by atoms with E-state index < -0.39 is 41.3 Å². The number of benzene rings is 1. The second-order valence-electron chi connectivity index (χ2n) is 8.43. The highest BCUT2D eigenvalue weighted by Gasteiger charge is 2.46. The molecule has 1 aromatic rings. The predicted molar refractivity (Wildman–Crippen MR) is 108 cm³/mol. The van der Waals surface area contributed by atoms with E-state index in [-0.39, 0.29) is 31.5 Å². The summed E-state index contributed by atoms with van der Waals surface area (Å²) in [5, 5.41) is 10.1. The molecule has 0 radical (unpaired) electrons. The minimum Gasteiger partial charge on any atom is -0.368 e. The van der Waals surface area contributed by atoms with Gasteiger partial charge >= 0.3 is 0 Å². The monoisotopic (exact) mass is 433 g/mol. The molecule has 1 saturated carbocycles. The topological polar surface area (TPSA) is 121 Å². The number of hydrogen-bond donors (Lipinski definition) is 2. The fourth-order valence-electron chi connectivity index (χ4n) is 4.93. The molecule has 0 spiro atoms. The van der Waals surface area contributed by atoms with Crippen LogP contribution in [0.3, 0.4) is 0 Å². The highest BCUT2D eigenvalue weighted by molar-refractivity contribution is 6.03. The molecule has 1 aromatic carbocycles. The molecular formula is C22H28FN3O5. The molecule has 2 fully saturated rings. The zero-order valence-corrected chi connectivity index (χ0v) is 17.3. The number of carbonyl (C=O) groups is 4. The van der Waals surface area contributed by atoms with Crippen molar-refractivity contribution in [1.29, 1.82) is 0 Å². The van der Waals surface area contributed by atoms with E-state index in [9.17, 15) is 28.8 Å². The Morgan fingerprint density at radius 1 is 1.23 bits per heavy atom. The third kappa shape index (κ3) is 5.10. The Morgan fingerprint density at radius 2 is 1.90 bits per heavy atom. The third-order valence-corrected chi connectivity index (χ3v) is 6.42. The fraction of sp³-hybridized carbons (Fsp3) is 0.545. The maximum absolute atomic E-state index is 14.1. The number of hydroxylamine groups is 2. The molecule has 2 unspecified atom stereocenters. The van der Waals surface area contributed by atoms with E-state index in [0.717, 1.165) is 31.7 Å². The molecule has 1 heterocycles. The normalized spacial score (nSPS) is 22.3. The Hall–Kier alpha value is -2.81. The lowest BCUT2D eigenvalue weighted by atomic mass is 9.89. The molecule has 3 amide bonds. The molecule has 168 valence electrons. The summed E-state index contributed by atoms with van der Waals surface area (Å²) in [7, 11) is 0. The molecule has 1 aliphatic heterocycles. The first-order valence-electron chi connectivity index (χ1n) is 10.6. The summed E-state index contributed by atoms with van der Waals surface area (Å²) in [6.45, 7) is -0.0856. The van der Waals surface area contributed by atoms with E-state index in [1.807, 2.05) is 0 Å². The molecule has 8 nitrogen and oxygen atoms in total. The van der Waals surface area contributed by atoms with Crippen LogP contribution < -0.4 is 5.73 Å². The number of nitrogens with zero attached hydrogens (tertiary/aromatic N) is 2. The lowest BCUT2D eigenvalue weighted by molar-refractivity contribution is -0.158. The van der Waals surface area contributed by atoms with Gasteiger partial charge in [-0.3, -0.25) is 24.4 Å². The van der Waals surface area contributed by atoms with Crippen molar-refractivity contribution in [1.82, 2.24) is 9.96 Å². The average molecular weight is 433 g/mol. The van der Waals surface area contributed by atoms with Crippen LogP contribution in [0.25, 0.3) is 0 Å². The molecule has 31 heavy (non-hydrogen) atoms. The van der Waals surface area contributed by atoms with Crippen LogP contribution in [-0.2, 0) is 14.4 Å². The molecule has 3 rings (SSSR count). The smallest absolute Gasteiger partial charge is 0.240 e. The molecule has 0 bridgehead atoms. The van der Waals surface area contributed by atoms with E-state index >= 15 is 0 Å². The van der Waals surface area contributed by atoms with Crippen molar-refractivity contribution in [2.45, 2.75) is 44.6 Å². The van der Waals surface area contributed by atoms with Crippen molar-refractivity contribution in [3.63, 3.8) is 0 Å². The summed E-state index contributed by atoms with van der Waals surface area (Å²) in [4.78, 5) is 50.7. The zero-order valence-electron chi connectivity index (χ0n) is 17.3. The lowest BCUT2D eigenvalue weighted by Gasteiger charge is -2.30. The van der Waals surface area contributed by atoms with Gasteiger partial charge in [0.1, 0.15) is 11.9 Å². The van der Waals surface area contributed by atoms with Crippen LogP contribution in [0.5, 0.6) is 0 Å². The van der Waals surface area contributed by atoms with E-state index in [0.29, 0.717) is 17.4 Å². The molecule has 1 aliphatic carbocycles. The number of amides is 3. The highest BCUT2D eigenvalue weighted by atomic mass is 19.1. The number of rotatable bonds is 9. The molecule has 1 saturated heterocycles. The molecule has 3 N–H and O–H groups in total. The number of ketones is 1. The second kappa shape index (κ2) is 10.00. The van der Waals surface area contributed by atoms with Crippen molar-refractivity contribution in [2.75, 3.05) is 13.1 Å². The van der Waals surface area contributed by atoms with Gasteiger partial charge in [-0.15, -0.1) is 0 Å². The highest BCUT2D eigenvalue weighted by Crippen LogP contribution is 2.34. The van der Waals surface area contributed by atoms with Gasteiger partial charge in [-0.05, 0) is 30.9 Å². The van der Waals surface area contributed by atoms with Crippen LogP contribution in [0.4, 0.5) is 4.39 Å². The molecular weight excluding hydrogens is 405 g/mol. The van der Waals surface area contributed by atoms with Crippen molar-refractivity contribution in [3.05, 3.63) is 35.6 Å². The largest absolute Gasteiger partial charge is 0.368 e.